The van der Waals surface area contributed by atoms with E-state index in [4.69, 9.17) is 21.4 Å². The van der Waals surface area contributed by atoms with E-state index in [2.05, 4.69) is 15.2 Å². The topological polar surface area (TPSA) is 112 Å². The molecule has 0 aliphatic carbocycles. The van der Waals surface area contributed by atoms with Gasteiger partial charge in [0.05, 0.1) is 24.5 Å². The Labute approximate surface area is 263 Å². The molecule has 0 bridgehead atoms. The number of benzene rings is 2. The Bertz CT molecular complexity index is 1390. The summed E-state index contributed by atoms with van der Waals surface area (Å²) in [6.07, 6.45) is 5.65. The van der Waals surface area contributed by atoms with Gasteiger partial charge in [0.15, 0.2) is 0 Å². The normalized spacial score (nSPS) is 21.2. The number of hydrogen-bond acceptors (Lipinski definition) is 6. The fourth-order valence-corrected chi connectivity index (χ4v) is 6.45. The molecule has 0 saturated carbocycles. The van der Waals surface area contributed by atoms with Gasteiger partial charge in [0.25, 0.3) is 0 Å². The minimum Gasteiger partial charge on any atom is -0.497 e. The van der Waals surface area contributed by atoms with Gasteiger partial charge in [-0.25, -0.2) is 4.39 Å². The number of methoxy groups -OCH3 is 1. The first-order chi connectivity index (χ1) is 21.3. The lowest BCUT2D eigenvalue weighted by Gasteiger charge is -2.37. The third-order valence-electron chi connectivity index (χ3n) is 8.79. The number of rotatable bonds is 11. The minimum absolute atomic E-state index is 0.0341. The van der Waals surface area contributed by atoms with Crippen LogP contribution in [0.3, 0.4) is 0 Å². The molecule has 5 rings (SSSR count). The molecule has 0 radical (unpaired) electrons. The van der Waals surface area contributed by atoms with E-state index in [1.165, 1.54) is 0 Å². The first kappa shape index (κ1) is 33.6. The number of carboxylic acid groups (broad SMARTS) is 2. The van der Waals surface area contributed by atoms with Crippen molar-refractivity contribution in [3.05, 3.63) is 70.9 Å². The number of likely N-dealkylation sites (tertiary alicyclic amines) is 1. The number of nitrogens with one attached hydrogen (secondary N) is 1. The molecule has 238 valence electrons. The van der Waals surface area contributed by atoms with Crippen LogP contribution in [-0.4, -0.2) is 71.9 Å². The molecule has 2 aliphatic heterocycles. The van der Waals surface area contributed by atoms with Gasteiger partial charge in [0.2, 0.25) is 0 Å². The van der Waals surface area contributed by atoms with Crippen LogP contribution in [0.4, 0.5) is 4.39 Å². The van der Waals surface area contributed by atoms with Gasteiger partial charge in [-0.15, -0.1) is 0 Å². The van der Waals surface area contributed by atoms with Crippen molar-refractivity contribution in [2.24, 2.45) is 17.8 Å². The van der Waals surface area contributed by atoms with Crippen molar-refractivity contribution in [1.29, 1.82) is 0 Å². The molecule has 2 unspecified atom stereocenters. The summed E-state index contributed by atoms with van der Waals surface area (Å²) in [7, 11) is 1.58. The lowest BCUT2D eigenvalue weighted by molar-refractivity contribution is -0.146. The highest BCUT2D eigenvalue weighted by Crippen LogP contribution is 2.35. The SMILES string of the molecule is COc1ccc2nccc(C(F)CC[C@@H]3CCN(CCCc4ccccc4Cl)C[C@@H]3C(=O)O)c2c1.O=C(O)C1CCCNC1. The quantitative estimate of drug-likeness (QED) is 0.224. The first-order valence-electron chi connectivity index (χ1n) is 15.5. The van der Waals surface area contributed by atoms with E-state index in [1.807, 2.05) is 42.5 Å². The molecule has 44 heavy (non-hydrogen) atoms. The van der Waals surface area contributed by atoms with Crippen molar-refractivity contribution in [1.82, 2.24) is 15.2 Å². The van der Waals surface area contributed by atoms with Crippen LogP contribution < -0.4 is 10.1 Å². The van der Waals surface area contributed by atoms with Gasteiger partial charge in [-0.3, -0.25) is 14.6 Å². The Morgan fingerprint density at radius 2 is 1.98 bits per heavy atom. The minimum atomic E-state index is -1.18. The van der Waals surface area contributed by atoms with E-state index in [1.54, 1.807) is 19.4 Å². The lowest BCUT2D eigenvalue weighted by Crippen LogP contribution is -2.44. The van der Waals surface area contributed by atoms with Crippen LogP contribution in [0, 0.1) is 17.8 Å². The van der Waals surface area contributed by atoms with Crippen molar-refractivity contribution < 1.29 is 28.9 Å². The van der Waals surface area contributed by atoms with E-state index in [0.717, 1.165) is 73.2 Å². The molecule has 4 atom stereocenters. The summed E-state index contributed by atoms with van der Waals surface area (Å²) in [4.78, 5) is 28.9. The maximum Gasteiger partial charge on any atom is 0.308 e. The number of hydrogen-bond donors (Lipinski definition) is 3. The molecular formula is C34H43ClFN3O5. The van der Waals surface area contributed by atoms with Gasteiger partial charge in [-0.05, 0) is 112 Å². The number of alkyl halides is 1. The predicted octanol–water partition coefficient (Wildman–Crippen LogP) is 6.41. The number of fused-ring (bicyclic) bond motifs is 1. The summed E-state index contributed by atoms with van der Waals surface area (Å²) in [5.41, 5.74) is 2.42. The zero-order valence-electron chi connectivity index (χ0n) is 25.3. The van der Waals surface area contributed by atoms with E-state index >= 15 is 4.39 Å². The number of halogens is 2. The monoisotopic (exact) mass is 627 g/mol. The predicted molar refractivity (Wildman–Crippen MR) is 170 cm³/mol. The van der Waals surface area contributed by atoms with Gasteiger partial charge in [0.1, 0.15) is 11.9 Å². The number of pyridine rings is 1. The fourth-order valence-electron chi connectivity index (χ4n) is 6.22. The second-order valence-corrected chi connectivity index (χ2v) is 12.1. The second-order valence-electron chi connectivity index (χ2n) is 11.7. The van der Waals surface area contributed by atoms with E-state index in [0.29, 0.717) is 30.8 Å². The third kappa shape index (κ3) is 9.36. The Hall–Kier alpha value is -3.27. The molecule has 2 aliphatic rings. The van der Waals surface area contributed by atoms with Crippen LogP contribution in [-0.2, 0) is 16.0 Å². The molecule has 2 aromatic carbocycles. The summed E-state index contributed by atoms with van der Waals surface area (Å²) in [6.45, 7) is 3.80. The van der Waals surface area contributed by atoms with Gasteiger partial charge in [-0.1, -0.05) is 29.8 Å². The molecular weight excluding hydrogens is 585 g/mol. The highest BCUT2D eigenvalue weighted by Gasteiger charge is 2.34. The highest BCUT2D eigenvalue weighted by atomic mass is 35.5. The molecule has 0 amide bonds. The summed E-state index contributed by atoms with van der Waals surface area (Å²) < 4.78 is 20.7. The molecule has 1 aromatic heterocycles. The van der Waals surface area contributed by atoms with E-state index in [-0.39, 0.29) is 18.3 Å². The number of piperidine rings is 2. The Morgan fingerprint density at radius 1 is 1.16 bits per heavy atom. The first-order valence-corrected chi connectivity index (χ1v) is 15.8. The van der Waals surface area contributed by atoms with Crippen LogP contribution >= 0.6 is 11.6 Å². The van der Waals surface area contributed by atoms with Crippen molar-refractivity contribution >= 4 is 34.4 Å². The zero-order valence-corrected chi connectivity index (χ0v) is 26.0. The van der Waals surface area contributed by atoms with Crippen molar-refractivity contribution in [3.8, 4) is 5.75 Å². The maximum atomic E-state index is 15.4. The largest absolute Gasteiger partial charge is 0.497 e. The van der Waals surface area contributed by atoms with Crippen molar-refractivity contribution in [2.75, 3.05) is 39.8 Å². The summed E-state index contributed by atoms with van der Waals surface area (Å²) in [5.74, 6) is -1.45. The Morgan fingerprint density at radius 3 is 2.66 bits per heavy atom. The summed E-state index contributed by atoms with van der Waals surface area (Å²) in [5, 5.41) is 22.9. The lowest BCUT2D eigenvalue weighted by atomic mass is 9.81. The number of carboxylic acids is 2. The van der Waals surface area contributed by atoms with Crippen LogP contribution in [0.5, 0.6) is 5.75 Å². The highest BCUT2D eigenvalue weighted by molar-refractivity contribution is 6.31. The third-order valence-corrected chi connectivity index (χ3v) is 9.16. The average molecular weight is 628 g/mol. The number of nitrogens with zero attached hydrogens (tertiary/aromatic N) is 2. The molecule has 0 spiro atoms. The zero-order chi connectivity index (χ0) is 31.5. The molecule has 3 aromatic rings. The number of ether oxygens (including phenoxy) is 1. The standard InChI is InChI=1S/C28H32ClFN2O3.C6H11NO2/c1-35-21-9-11-27-23(17-21)22(12-14-31-27)26(30)10-8-19-13-16-32(18-24(19)28(33)34)15-4-6-20-5-2-3-7-25(20)29;8-6(9)5-2-1-3-7-4-5/h2-3,5,7,9,11-12,14,17,19,24,26H,4,6,8,10,13,15-16,18H2,1H3,(H,33,34);5,7H,1-4H2,(H,8,9)/t19-,24+,26?;/m1./s1. The summed E-state index contributed by atoms with van der Waals surface area (Å²) in [6, 6.07) is 15.0. The van der Waals surface area contributed by atoms with Crippen LogP contribution in [0.2, 0.25) is 5.02 Å². The van der Waals surface area contributed by atoms with Crippen LogP contribution in [0.25, 0.3) is 10.9 Å². The number of aliphatic carboxylic acids is 2. The number of aromatic nitrogens is 1. The molecule has 3 N–H and O–H groups in total. The van der Waals surface area contributed by atoms with Gasteiger partial charge < -0.3 is 25.2 Å². The fraction of sp³-hybridized carbons (Fsp3) is 0.500. The van der Waals surface area contributed by atoms with E-state index < -0.39 is 24.0 Å². The van der Waals surface area contributed by atoms with Gasteiger partial charge in [-0.2, -0.15) is 0 Å². The molecule has 8 nitrogen and oxygen atoms in total. The molecule has 2 fully saturated rings. The number of carbonyl (C=O) groups is 2. The van der Waals surface area contributed by atoms with Gasteiger partial charge in [0, 0.05) is 29.7 Å². The summed E-state index contributed by atoms with van der Waals surface area (Å²) >= 11 is 6.25. The second kappa shape index (κ2) is 16.7. The Kier molecular flexibility index (Phi) is 12.8. The van der Waals surface area contributed by atoms with Crippen molar-refractivity contribution in [2.45, 2.75) is 51.1 Å². The van der Waals surface area contributed by atoms with Crippen molar-refractivity contribution in [3.63, 3.8) is 0 Å². The van der Waals surface area contributed by atoms with Crippen LogP contribution in [0.1, 0.15) is 55.8 Å². The molecule has 3 heterocycles. The smallest absolute Gasteiger partial charge is 0.308 e. The molecule has 2 saturated heterocycles. The van der Waals surface area contributed by atoms with Crippen LogP contribution in [0.15, 0.2) is 54.7 Å². The average Bonchev–Trinajstić information content (AvgIpc) is 3.04. The van der Waals surface area contributed by atoms with Gasteiger partial charge >= 0.3 is 11.9 Å². The Balaban J connectivity index is 0.000000421. The molecule has 10 heteroatoms. The maximum absolute atomic E-state index is 15.4. The number of aryl methyl sites for hydroxylation is 1. The van der Waals surface area contributed by atoms with E-state index in [9.17, 15) is 14.7 Å².